The molecule has 144 valence electrons. The molecule has 0 spiro atoms. The molecule has 0 atom stereocenters. The summed E-state index contributed by atoms with van der Waals surface area (Å²) in [6.45, 7) is 7.81. The first-order chi connectivity index (χ1) is 13.0. The van der Waals surface area contributed by atoms with Crippen molar-refractivity contribution in [3.8, 4) is 5.75 Å². The molecule has 1 aromatic heterocycles. The third-order valence-electron chi connectivity index (χ3n) is 4.47. The van der Waals surface area contributed by atoms with E-state index in [1.165, 1.54) is 25.4 Å². The molecule has 0 saturated carbocycles. The van der Waals surface area contributed by atoms with Gasteiger partial charge in [-0.05, 0) is 24.3 Å². The first-order valence-electron chi connectivity index (χ1n) is 8.55. The van der Waals surface area contributed by atoms with Crippen LogP contribution in [0.4, 0.5) is 11.8 Å². The molecule has 0 radical (unpaired) electrons. The number of nitrogens with zero attached hydrogens (tertiary/aromatic N) is 4. The van der Waals surface area contributed by atoms with Gasteiger partial charge in [0.25, 0.3) is 0 Å². The Morgan fingerprint density at radius 2 is 1.89 bits per heavy atom. The van der Waals surface area contributed by atoms with Gasteiger partial charge < -0.3 is 15.4 Å². The number of benzene rings is 1. The van der Waals surface area contributed by atoms with E-state index in [2.05, 4.69) is 21.4 Å². The molecular formula is C18H23N5O3S. The SMILES string of the molecule is C=CCN1CCN(c2ncc(S(=O)(=O)c3ccc(OC)cc3)c(N)n2)CC1. The average molecular weight is 389 g/mol. The van der Waals surface area contributed by atoms with E-state index >= 15 is 0 Å². The molecule has 2 N–H and O–H groups in total. The monoisotopic (exact) mass is 389 g/mol. The summed E-state index contributed by atoms with van der Waals surface area (Å²) in [4.78, 5) is 12.8. The largest absolute Gasteiger partial charge is 0.497 e. The highest BCUT2D eigenvalue weighted by atomic mass is 32.2. The van der Waals surface area contributed by atoms with Crippen molar-refractivity contribution in [2.24, 2.45) is 0 Å². The Balaban J connectivity index is 1.81. The summed E-state index contributed by atoms with van der Waals surface area (Å²) in [5.41, 5.74) is 5.98. The van der Waals surface area contributed by atoms with Crippen molar-refractivity contribution < 1.29 is 13.2 Å². The van der Waals surface area contributed by atoms with Crippen molar-refractivity contribution in [1.82, 2.24) is 14.9 Å². The van der Waals surface area contributed by atoms with Crippen LogP contribution >= 0.6 is 0 Å². The summed E-state index contributed by atoms with van der Waals surface area (Å²) in [6.07, 6.45) is 3.16. The molecule has 1 saturated heterocycles. The van der Waals surface area contributed by atoms with Crippen molar-refractivity contribution in [2.75, 3.05) is 50.5 Å². The van der Waals surface area contributed by atoms with Crippen LogP contribution in [0.2, 0.25) is 0 Å². The summed E-state index contributed by atoms with van der Waals surface area (Å²) in [5.74, 6) is 0.966. The Morgan fingerprint density at radius 1 is 1.22 bits per heavy atom. The number of nitrogens with two attached hydrogens (primary N) is 1. The molecule has 2 aromatic rings. The number of hydrogen-bond donors (Lipinski definition) is 1. The molecule has 0 aliphatic carbocycles. The van der Waals surface area contributed by atoms with E-state index in [0.29, 0.717) is 11.7 Å². The maximum Gasteiger partial charge on any atom is 0.227 e. The van der Waals surface area contributed by atoms with E-state index in [1.54, 1.807) is 12.1 Å². The Labute approximate surface area is 159 Å². The highest BCUT2D eigenvalue weighted by molar-refractivity contribution is 7.91. The van der Waals surface area contributed by atoms with Crippen LogP contribution in [0.5, 0.6) is 5.75 Å². The highest BCUT2D eigenvalue weighted by Gasteiger charge is 2.24. The number of piperazine rings is 1. The second kappa shape index (κ2) is 7.93. The number of aromatic nitrogens is 2. The Kier molecular flexibility index (Phi) is 5.62. The third-order valence-corrected chi connectivity index (χ3v) is 6.26. The van der Waals surface area contributed by atoms with Crippen molar-refractivity contribution in [3.63, 3.8) is 0 Å². The van der Waals surface area contributed by atoms with E-state index in [1.807, 2.05) is 11.0 Å². The minimum Gasteiger partial charge on any atom is -0.497 e. The van der Waals surface area contributed by atoms with Crippen LogP contribution in [-0.2, 0) is 9.84 Å². The lowest BCUT2D eigenvalue weighted by Gasteiger charge is -2.34. The van der Waals surface area contributed by atoms with Gasteiger partial charge in [0, 0.05) is 32.7 Å². The van der Waals surface area contributed by atoms with E-state index < -0.39 is 9.84 Å². The molecule has 9 heteroatoms. The summed E-state index contributed by atoms with van der Waals surface area (Å²) in [5, 5.41) is 0. The van der Waals surface area contributed by atoms with Crippen LogP contribution in [0, 0.1) is 0 Å². The van der Waals surface area contributed by atoms with Gasteiger partial charge in [-0.25, -0.2) is 13.4 Å². The number of nitrogen functional groups attached to an aromatic ring is 1. The van der Waals surface area contributed by atoms with E-state index in [4.69, 9.17) is 10.5 Å². The summed E-state index contributed by atoms with van der Waals surface area (Å²) < 4.78 is 30.7. The van der Waals surface area contributed by atoms with Crippen LogP contribution in [0.15, 0.2) is 52.9 Å². The van der Waals surface area contributed by atoms with Crippen LogP contribution < -0.4 is 15.4 Å². The van der Waals surface area contributed by atoms with Gasteiger partial charge in [-0.2, -0.15) is 4.98 Å². The molecule has 1 aliphatic heterocycles. The van der Waals surface area contributed by atoms with Crippen molar-refractivity contribution >= 4 is 21.6 Å². The molecule has 0 bridgehead atoms. The molecule has 8 nitrogen and oxygen atoms in total. The van der Waals surface area contributed by atoms with Crippen LogP contribution in [0.1, 0.15) is 0 Å². The normalized spacial score (nSPS) is 15.5. The van der Waals surface area contributed by atoms with Gasteiger partial charge in [0.1, 0.15) is 16.5 Å². The number of ether oxygens (including phenoxy) is 1. The molecule has 1 aliphatic rings. The van der Waals surface area contributed by atoms with E-state index in [-0.39, 0.29) is 15.6 Å². The van der Waals surface area contributed by atoms with Crippen molar-refractivity contribution in [3.05, 3.63) is 43.1 Å². The molecule has 2 heterocycles. The maximum atomic E-state index is 12.8. The van der Waals surface area contributed by atoms with Gasteiger partial charge in [0.05, 0.1) is 18.2 Å². The summed E-state index contributed by atoms with van der Waals surface area (Å²) in [6, 6.07) is 6.11. The minimum absolute atomic E-state index is 0.0515. The lowest BCUT2D eigenvalue weighted by atomic mass is 10.3. The predicted octanol–water partition coefficient (Wildman–Crippen LogP) is 1.21. The zero-order chi connectivity index (χ0) is 19.4. The first kappa shape index (κ1) is 19.1. The van der Waals surface area contributed by atoms with Gasteiger partial charge in [-0.3, -0.25) is 4.90 Å². The van der Waals surface area contributed by atoms with Crippen LogP contribution in [0.25, 0.3) is 0 Å². The molecule has 3 rings (SSSR count). The Morgan fingerprint density at radius 3 is 2.44 bits per heavy atom. The zero-order valence-electron chi connectivity index (χ0n) is 15.2. The van der Waals surface area contributed by atoms with Gasteiger partial charge in [0.15, 0.2) is 0 Å². The van der Waals surface area contributed by atoms with Gasteiger partial charge in [-0.15, -0.1) is 6.58 Å². The average Bonchev–Trinajstić information content (AvgIpc) is 2.68. The highest BCUT2D eigenvalue weighted by Crippen LogP contribution is 2.27. The zero-order valence-corrected chi connectivity index (χ0v) is 16.0. The molecule has 0 unspecified atom stereocenters. The predicted molar refractivity (Wildman–Crippen MR) is 104 cm³/mol. The van der Waals surface area contributed by atoms with Crippen molar-refractivity contribution in [1.29, 1.82) is 0 Å². The third kappa shape index (κ3) is 4.04. The fourth-order valence-corrected chi connectivity index (χ4v) is 4.19. The molecule has 27 heavy (non-hydrogen) atoms. The van der Waals surface area contributed by atoms with E-state index in [9.17, 15) is 8.42 Å². The quantitative estimate of drug-likeness (QED) is 0.736. The number of methoxy groups -OCH3 is 1. The first-order valence-corrected chi connectivity index (χ1v) is 10.0. The molecule has 0 amide bonds. The standard InChI is InChI=1S/C18H23N5O3S/c1-3-8-22-9-11-23(12-10-22)18-20-13-16(17(19)21-18)27(24,25)15-6-4-14(26-2)5-7-15/h3-7,13H,1,8-12H2,2H3,(H2,19,20,21). The fraction of sp³-hybridized carbons (Fsp3) is 0.333. The summed E-state index contributed by atoms with van der Waals surface area (Å²) >= 11 is 0. The number of sulfone groups is 1. The molecular weight excluding hydrogens is 366 g/mol. The van der Waals surface area contributed by atoms with Gasteiger partial charge in [0.2, 0.25) is 15.8 Å². The summed E-state index contributed by atoms with van der Waals surface area (Å²) in [7, 11) is -2.28. The van der Waals surface area contributed by atoms with Gasteiger partial charge in [-0.1, -0.05) is 6.08 Å². The number of rotatable bonds is 6. The smallest absolute Gasteiger partial charge is 0.227 e. The van der Waals surface area contributed by atoms with Crippen LogP contribution in [-0.4, -0.2) is 63.1 Å². The second-order valence-corrected chi connectivity index (χ2v) is 8.09. The van der Waals surface area contributed by atoms with Crippen LogP contribution in [0.3, 0.4) is 0 Å². The maximum absolute atomic E-state index is 12.8. The fourth-order valence-electron chi connectivity index (χ4n) is 2.93. The Hall–Kier alpha value is -2.65. The number of anilines is 2. The molecule has 1 aromatic carbocycles. The minimum atomic E-state index is -3.80. The Bertz CT molecular complexity index is 907. The lowest BCUT2D eigenvalue weighted by Crippen LogP contribution is -2.47. The number of hydrogen-bond acceptors (Lipinski definition) is 8. The lowest BCUT2D eigenvalue weighted by molar-refractivity contribution is 0.283. The molecule has 1 fully saturated rings. The van der Waals surface area contributed by atoms with Gasteiger partial charge >= 0.3 is 0 Å². The van der Waals surface area contributed by atoms with E-state index in [0.717, 1.165) is 32.7 Å². The topological polar surface area (TPSA) is 102 Å². The second-order valence-electron chi connectivity index (χ2n) is 6.17. The van der Waals surface area contributed by atoms with Crippen molar-refractivity contribution in [2.45, 2.75) is 9.79 Å².